The molecule has 5 aromatic rings. The van der Waals surface area contributed by atoms with Crippen molar-refractivity contribution in [2.75, 3.05) is 29.9 Å². The van der Waals surface area contributed by atoms with Crippen LogP contribution in [-0.4, -0.2) is 48.0 Å². The molecule has 4 amide bonds. The maximum absolute atomic E-state index is 15.4. The minimum Gasteiger partial charge on any atom is -0.502 e. The van der Waals surface area contributed by atoms with Gasteiger partial charge in [0.15, 0.2) is 11.5 Å². The van der Waals surface area contributed by atoms with Crippen molar-refractivity contribution < 1.29 is 33.8 Å². The van der Waals surface area contributed by atoms with Crippen molar-refractivity contribution in [1.29, 1.82) is 0 Å². The number of nitrogens with zero attached hydrogens (tertiary/aromatic N) is 2. The summed E-state index contributed by atoms with van der Waals surface area (Å²) < 4.78 is 10.9. The van der Waals surface area contributed by atoms with Crippen LogP contribution in [0.5, 0.6) is 17.2 Å². The van der Waals surface area contributed by atoms with E-state index in [9.17, 15) is 19.5 Å². The molecular weight excluding hydrogens is 757 g/mol. The first-order valence-corrected chi connectivity index (χ1v) is 20.0. The van der Waals surface area contributed by atoms with Crippen LogP contribution in [0, 0.1) is 36.5 Å². The summed E-state index contributed by atoms with van der Waals surface area (Å²) in [6, 6.07) is 37.1. The van der Waals surface area contributed by atoms with E-state index in [1.54, 1.807) is 24.3 Å². The first-order valence-electron chi connectivity index (χ1n) is 20.0. The van der Waals surface area contributed by atoms with Crippen LogP contribution in [0.3, 0.4) is 0 Å². The molecule has 1 saturated carbocycles. The molecule has 0 aromatic heterocycles. The molecule has 302 valence electrons. The van der Waals surface area contributed by atoms with Crippen molar-refractivity contribution in [2.24, 2.45) is 29.6 Å². The van der Waals surface area contributed by atoms with Crippen molar-refractivity contribution in [3.63, 3.8) is 0 Å². The number of phenolic OH excluding ortho intramolecular Hbond substituents is 1. The summed E-state index contributed by atoms with van der Waals surface area (Å²) in [5.74, 6) is -4.72. The third-order valence-corrected chi connectivity index (χ3v) is 12.6. The lowest BCUT2D eigenvalue weighted by Crippen LogP contribution is -2.54. The molecule has 2 aliphatic heterocycles. The molecule has 60 heavy (non-hydrogen) atoms. The number of carbonyl (C=O) groups excluding carboxylic acids is 4. The molecular formula is C49H44N4O7. The van der Waals surface area contributed by atoms with Crippen LogP contribution in [0.15, 0.2) is 139 Å². The highest BCUT2D eigenvalue weighted by Gasteiger charge is 2.69. The summed E-state index contributed by atoms with van der Waals surface area (Å²) in [6.45, 7) is 1.96. The number of hydrogen-bond donors (Lipinski definition) is 3. The summed E-state index contributed by atoms with van der Waals surface area (Å²) >= 11 is 0. The molecule has 2 heterocycles. The average Bonchev–Trinajstić information content (AvgIpc) is 3.65. The van der Waals surface area contributed by atoms with Crippen LogP contribution < -0.4 is 25.1 Å². The Morgan fingerprint density at radius 3 is 2.00 bits per heavy atom. The van der Waals surface area contributed by atoms with Gasteiger partial charge in [0.1, 0.15) is 0 Å². The number of methoxy groups -OCH3 is 2. The Balaban J connectivity index is 1.15. The molecule has 4 aliphatic rings. The number of amides is 4. The number of imide groups is 2. The zero-order valence-corrected chi connectivity index (χ0v) is 33.4. The lowest BCUT2D eigenvalue weighted by atomic mass is 9.50. The van der Waals surface area contributed by atoms with Gasteiger partial charge in [-0.15, -0.1) is 0 Å². The summed E-state index contributed by atoms with van der Waals surface area (Å²) in [7, 11) is 2.90. The highest BCUT2D eigenvalue weighted by atomic mass is 16.5. The smallest absolute Gasteiger partial charge is 0.260 e. The van der Waals surface area contributed by atoms with Gasteiger partial charge in [0.05, 0.1) is 48.8 Å². The summed E-state index contributed by atoms with van der Waals surface area (Å²) in [4.78, 5) is 60.7. The van der Waals surface area contributed by atoms with Gasteiger partial charge in [-0.2, -0.15) is 5.01 Å². The molecule has 2 saturated heterocycles. The number of benzene rings is 5. The molecule has 0 radical (unpaired) electrons. The standard InChI is InChI=1S/C49H44N4O7/c1-29-14-17-34(18-15-29)51-53-46(56)40-28-38-36(23-24-37-43(38)47(57)52(45(37)55)35-21-19-33(20-22-35)50-32-12-8-5-9-13-32)39(49(40,48(53)58)31-10-6-4-7-11-31)25-16-30-26-41(59-2)44(54)42(27-30)60-3/h4-23,25-27,37-40,43,50-51,54H,24,28H2,1-3H3. The van der Waals surface area contributed by atoms with Crippen molar-refractivity contribution in [3.05, 3.63) is 156 Å². The summed E-state index contributed by atoms with van der Waals surface area (Å²) in [5.41, 5.74) is 7.62. The van der Waals surface area contributed by atoms with E-state index in [2.05, 4.69) is 10.7 Å². The van der Waals surface area contributed by atoms with Crippen LogP contribution in [-0.2, 0) is 24.6 Å². The van der Waals surface area contributed by atoms with E-state index in [0.717, 1.165) is 27.5 Å². The second kappa shape index (κ2) is 15.2. The molecule has 9 rings (SSSR count). The zero-order chi connectivity index (χ0) is 41.7. The molecule has 0 bridgehead atoms. The Kier molecular flexibility index (Phi) is 9.74. The normalized spacial score (nSPS) is 24.5. The first kappa shape index (κ1) is 38.4. The molecule has 6 unspecified atom stereocenters. The van der Waals surface area contributed by atoms with Gasteiger partial charge < -0.3 is 19.9 Å². The van der Waals surface area contributed by atoms with Crippen LogP contribution in [0.25, 0.3) is 6.08 Å². The van der Waals surface area contributed by atoms with Crippen molar-refractivity contribution in [2.45, 2.75) is 25.2 Å². The highest BCUT2D eigenvalue weighted by molar-refractivity contribution is 6.22. The van der Waals surface area contributed by atoms with Crippen LogP contribution in [0.2, 0.25) is 0 Å². The van der Waals surface area contributed by atoms with Crippen molar-refractivity contribution in [1.82, 2.24) is 5.01 Å². The minimum atomic E-state index is -1.42. The fourth-order valence-corrected chi connectivity index (χ4v) is 9.85. The van der Waals surface area contributed by atoms with Gasteiger partial charge >= 0.3 is 0 Å². The SMILES string of the molecule is COc1cc(C=CC2C3=CCC4C(=O)N(c5ccc(Nc6ccccc6)cc5)C(=O)C4C3CC3C(=O)N(Nc4ccc(C)cc4)C(=O)C23c2ccccc2)cc(OC)c1O. The molecule has 5 aromatic carbocycles. The number of fused-ring (bicyclic) bond motifs is 4. The first-order chi connectivity index (χ1) is 29.1. The predicted molar refractivity (Wildman–Crippen MR) is 228 cm³/mol. The summed E-state index contributed by atoms with van der Waals surface area (Å²) in [6.07, 6.45) is 6.24. The third kappa shape index (κ3) is 6.20. The number of hydrogen-bond acceptors (Lipinski definition) is 9. The van der Waals surface area contributed by atoms with Gasteiger partial charge in [-0.1, -0.05) is 90.0 Å². The number of anilines is 4. The Morgan fingerprint density at radius 1 is 0.733 bits per heavy atom. The Labute approximate surface area is 347 Å². The number of rotatable bonds is 10. The molecule has 11 heteroatoms. The number of ether oxygens (including phenoxy) is 2. The van der Waals surface area contributed by atoms with E-state index < -0.39 is 46.8 Å². The number of nitrogens with one attached hydrogen (secondary N) is 2. The topological polar surface area (TPSA) is 138 Å². The molecule has 6 atom stereocenters. The number of allylic oxidation sites excluding steroid dienone is 3. The van der Waals surface area contributed by atoms with Gasteiger partial charge in [0.2, 0.25) is 17.6 Å². The molecule has 3 N–H and O–H groups in total. The zero-order valence-electron chi connectivity index (χ0n) is 33.4. The quantitative estimate of drug-likeness (QED) is 0.0943. The van der Waals surface area contributed by atoms with E-state index >= 15 is 4.79 Å². The van der Waals surface area contributed by atoms with E-state index in [1.165, 1.54) is 19.1 Å². The van der Waals surface area contributed by atoms with Crippen LogP contribution >= 0.6 is 0 Å². The average molecular weight is 801 g/mol. The van der Waals surface area contributed by atoms with E-state index in [0.29, 0.717) is 28.9 Å². The van der Waals surface area contributed by atoms with E-state index in [1.807, 2.05) is 122 Å². The third-order valence-electron chi connectivity index (χ3n) is 12.6. The van der Waals surface area contributed by atoms with Gasteiger partial charge in [0.25, 0.3) is 11.8 Å². The Morgan fingerprint density at radius 2 is 1.35 bits per heavy atom. The fourth-order valence-electron chi connectivity index (χ4n) is 9.85. The largest absolute Gasteiger partial charge is 0.502 e. The Hall–Kier alpha value is -7.14. The second-order valence-corrected chi connectivity index (χ2v) is 15.8. The Bertz CT molecular complexity index is 2530. The maximum atomic E-state index is 15.4. The van der Waals surface area contributed by atoms with Gasteiger partial charge in [0, 0.05) is 17.3 Å². The van der Waals surface area contributed by atoms with E-state index in [4.69, 9.17) is 9.47 Å². The number of para-hydroxylation sites is 1. The van der Waals surface area contributed by atoms with Gasteiger partial charge in [-0.05, 0) is 97.5 Å². The van der Waals surface area contributed by atoms with Gasteiger partial charge in [-0.3, -0.25) is 29.5 Å². The predicted octanol–water partition coefficient (Wildman–Crippen LogP) is 8.20. The van der Waals surface area contributed by atoms with Crippen LogP contribution in [0.1, 0.15) is 29.5 Å². The van der Waals surface area contributed by atoms with Crippen molar-refractivity contribution in [3.8, 4) is 17.2 Å². The molecule has 2 aliphatic carbocycles. The fraction of sp³-hybridized carbons (Fsp3) is 0.224. The lowest BCUT2D eigenvalue weighted by molar-refractivity contribution is -0.139. The maximum Gasteiger partial charge on any atom is 0.260 e. The number of phenols is 1. The number of aryl methyl sites for hydroxylation is 1. The molecule has 0 spiro atoms. The van der Waals surface area contributed by atoms with Gasteiger partial charge in [-0.25, -0.2) is 0 Å². The highest BCUT2D eigenvalue weighted by Crippen LogP contribution is 2.61. The van der Waals surface area contributed by atoms with E-state index in [-0.39, 0.29) is 35.5 Å². The second-order valence-electron chi connectivity index (χ2n) is 15.8. The number of aromatic hydroxyl groups is 1. The monoisotopic (exact) mass is 800 g/mol. The number of hydrazine groups is 1. The lowest BCUT2D eigenvalue weighted by Gasteiger charge is -2.49. The van der Waals surface area contributed by atoms with Crippen molar-refractivity contribution >= 4 is 52.5 Å². The number of carbonyl (C=O) groups is 4. The molecule has 3 fully saturated rings. The minimum absolute atomic E-state index is 0.151. The van der Waals surface area contributed by atoms with Crippen LogP contribution in [0.4, 0.5) is 22.7 Å². The summed E-state index contributed by atoms with van der Waals surface area (Å²) in [5, 5.41) is 15.2. The molecule has 11 nitrogen and oxygen atoms in total.